The molecule has 0 bridgehead atoms. The van der Waals surface area contributed by atoms with Gasteiger partial charge in [-0.05, 0) is 0 Å². The maximum atomic E-state index is 4.90. The van der Waals surface area contributed by atoms with Gasteiger partial charge in [-0.2, -0.15) is 0 Å². The van der Waals surface area contributed by atoms with Crippen molar-refractivity contribution in [1.29, 1.82) is 0 Å². The van der Waals surface area contributed by atoms with Crippen LogP contribution in [0.3, 0.4) is 0 Å². The van der Waals surface area contributed by atoms with Crippen molar-refractivity contribution in [2.24, 2.45) is 34.4 Å². The van der Waals surface area contributed by atoms with Crippen LogP contribution in [0, 0.1) is 0 Å². The van der Waals surface area contributed by atoms with Gasteiger partial charge in [0, 0.05) is 39.3 Å². The first kappa shape index (κ1) is 23.4. The van der Waals surface area contributed by atoms with E-state index in [0.29, 0.717) is 39.3 Å². The van der Waals surface area contributed by atoms with Crippen molar-refractivity contribution in [3.8, 4) is 0 Å². The van der Waals surface area contributed by atoms with E-state index in [4.69, 9.17) is 34.4 Å². The van der Waals surface area contributed by atoms with Crippen LogP contribution < -0.4 is 34.4 Å². The van der Waals surface area contributed by atoms with E-state index >= 15 is 0 Å². The van der Waals surface area contributed by atoms with Crippen LogP contribution in [0.15, 0.2) is 13.2 Å². The molecule has 12 N–H and O–H groups in total. The first-order valence-electron chi connectivity index (χ1n) is 4.45. The molecule has 0 saturated heterocycles. The summed E-state index contributed by atoms with van der Waals surface area (Å²) >= 11 is 0. The Kier molecular flexibility index (Phi) is 91.2. The highest BCUT2D eigenvalue weighted by molar-refractivity contribution is 4.26. The number of nitrogens with two attached hydrogens (primary N) is 6. The molecule has 0 aliphatic heterocycles. The second-order valence-electron chi connectivity index (χ2n) is 1.73. The molecule has 90 valence electrons. The molecular weight excluding hydrogens is 180 g/mol. The Morgan fingerprint density at radius 1 is 0.429 bits per heavy atom. The third-order valence-electron chi connectivity index (χ3n) is 0.500. The molecule has 0 aromatic carbocycles. The van der Waals surface area contributed by atoms with Gasteiger partial charge in [-0.15, -0.1) is 13.2 Å². The molecule has 0 amide bonds. The standard InChI is InChI=1S/3C2H8N2.C2H4/c3*3-1-2-4;1-2/h3*1-4H2;1-2H2. The zero-order chi connectivity index (χ0) is 12.2. The van der Waals surface area contributed by atoms with Crippen molar-refractivity contribution in [2.75, 3.05) is 39.3 Å². The summed E-state index contributed by atoms with van der Waals surface area (Å²) in [6, 6.07) is 0. The second kappa shape index (κ2) is 54.6. The molecule has 0 aliphatic rings. The highest BCUT2D eigenvalue weighted by atomic mass is 14.6. The summed E-state index contributed by atoms with van der Waals surface area (Å²) in [7, 11) is 0. The van der Waals surface area contributed by atoms with Crippen LogP contribution in [-0.4, -0.2) is 39.3 Å². The summed E-state index contributed by atoms with van der Waals surface area (Å²) in [5.74, 6) is 0. The summed E-state index contributed by atoms with van der Waals surface area (Å²) in [5.41, 5.74) is 29.4. The maximum Gasteiger partial charge on any atom is 0.00461 e. The molecule has 0 rings (SSSR count). The SMILES string of the molecule is C=C.NCCN.NCCN.NCCN. The lowest BCUT2D eigenvalue weighted by Crippen LogP contribution is -2.11. The zero-order valence-corrected chi connectivity index (χ0v) is 9.12. The van der Waals surface area contributed by atoms with Crippen LogP contribution in [0.5, 0.6) is 0 Å². The van der Waals surface area contributed by atoms with Crippen molar-refractivity contribution in [2.45, 2.75) is 0 Å². The molecule has 0 unspecified atom stereocenters. The number of hydrogen-bond donors (Lipinski definition) is 6. The molecule has 0 saturated carbocycles. The smallest absolute Gasteiger partial charge is 0.00461 e. The fourth-order valence-corrected chi connectivity index (χ4v) is 0. The minimum absolute atomic E-state index is 0.597. The molecule has 0 aliphatic carbocycles. The van der Waals surface area contributed by atoms with Crippen molar-refractivity contribution in [1.82, 2.24) is 0 Å². The maximum absolute atomic E-state index is 4.90. The van der Waals surface area contributed by atoms with Crippen molar-refractivity contribution in [3.05, 3.63) is 13.2 Å². The van der Waals surface area contributed by atoms with Gasteiger partial charge in [0.25, 0.3) is 0 Å². The number of hydrogen-bond acceptors (Lipinski definition) is 6. The highest BCUT2D eigenvalue weighted by Crippen LogP contribution is 1.25. The van der Waals surface area contributed by atoms with Crippen molar-refractivity contribution < 1.29 is 0 Å². The summed E-state index contributed by atoms with van der Waals surface area (Å²) < 4.78 is 0. The van der Waals surface area contributed by atoms with Crippen molar-refractivity contribution in [3.63, 3.8) is 0 Å². The van der Waals surface area contributed by atoms with E-state index in [9.17, 15) is 0 Å². The van der Waals surface area contributed by atoms with E-state index in [0.717, 1.165) is 0 Å². The fourth-order valence-electron chi connectivity index (χ4n) is 0. The molecule has 0 aromatic rings. The van der Waals surface area contributed by atoms with E-state index in [1.807, 2.05) is 0 Å². The predicted molar refractivity (Wildman–Crippen MR) is 65.6 cm³/mol. The average molecular weight is 208 g/mol. The van der Waals surface area contributed by atoms with Gasteiger partial charge >= 0.3 is 0 Å². The first-order valence-corrected chi connectivity index (χ1v) is 4.45. The van der Waals surface area contributed by atoms with Gasteiger partial charge in [0.1, 0.15) is 0 Å². The fraction of sp³-hybridized carbons (Fsp3) is 0.750. The third kappa shape index (κ3) is 203. The van der Waals surface area contributed by atoms with Gasteiger partial charge in [-0.25, -0.2) is 0 Å². The quantitative estimate of drug-likeness (QED) is 0.282. The molecule has 6 nitrogen and oxygen atoms in total. The minimum Gasteiger partial charge on any atom is -0.329 e. The normalized spacial score (nSPS) is 6.71. The summed E-state index contributed by atoms with van der Waals surface area (Å²) in [6.45, 7) is 9.58. The van der Waals surface area contributed by atoms with Gasteiger partial charge in [0.2, 0.25) is 0 Å². The van der Waals surface area contributed by atoms with Crippen LogP contribution in [0.4, 0.5) is 0 Å². The van der Waals surface area contributed by atoms with Gasteiger partial charge < -0.3 is 34.4 Å². The topological polar surface area (TPSA) is 156 Å². The molecule has 0 atom stereocenters. The summed E-state index contributed by atoms with van der Waals surface area (Å²) in [5, 5.41) is 0. The number of rotatable bonds is 3. The van der Waals surface area contributed by atoms with Crippen LogP contribution in [0.2, 0.25) is 0 Å². The molecule has 0 radical (unpaired) electrons. The van der Waals surface area contributed by atoms with E-state index < -0.39 is 0 Å². The summed E-state index contributed by atoms with van der Waals surface area (Å²) in [4.78, 5) is 0. The predicted octanol–water partition coefficient (Wildman–Crippen LogP) is -2.49. The molecule has 0 fully saturated rings. The second-order valence-corrected chi connectivity index (χ2v) is 1.73. The average Bonchev–Trinajstić information content (AvgIpc) is 2.31. The molecule has 0 heterocycles. The minimum atomic E-state index is 0.597. The Balaban J connectivity index is -0.0000000492. The van der Waals surface area contributed by atoms with Crippen LogP contribution in [0.25, 0.3) is 0 Å². The molecule has 0 aromatic heterocycles. The van der Waals surface area contributed by atoms with Crippen LogP contribution >= 0.6 is 0 Å². The van der Waals surface area contributed by atoms with Crippen LogP contribution in [0.1, 0.15) is 0 Å². The van der Waals surface area contributed by atoms with Gasteiger partial charge in [-0.1, -0.05) is 0 Å². The monoisotopic (exact) mass is 208 g/mol. The Morgan fingerprint density at radius 3 is 0.500 bits per heavy atom. The Hall–Kier alpha value is -0.500. The summed E-state index contributed by atoms with van der Waals surface area (Å²) in [6.07, 6.45) is 0. The van der Waals surface area contributed by atoms with E-state index in [1.54, 1.807) is 0 Å². The first-order chi connectivity index (χ1) is 6.74. The zero-order valence-electron chi connectivity index (χ0n) is 9.12. The molecule has 14 heavy (non-hydrogen) atoms. The highest BCUT2D eigenvalue weighted by Gasteiger charge is 1.55. The molecular formula is C8H28N6. The van der Waals surface area contributed by atoms with Gasteiger partial charge in [0.15, 0.2) is 0 Å². The van der Waals surface area contributed by atoms with Gasteiger partial charge in [0.05, 0.1) is 0 Å². The Labute approximate surface area is 87.7 Å². The Morgan fingerprint density at radius 2 is 0.500 bits per heavy atom. The van der Waals surface area contributed by atoms with E-state index in [-0.39, 0.29) is 0 Å². The lowest BCUT2D eigenvalue weighted by molar-refractivity contribution is 0.976. The lowest BCUT2D eigenvalue weighted by Gasteiger charge is -1.72. The molecule has 0 spiro atoms. The van der Waals surface area contributed by atoms with Crippen LogP contribution in [-0.2, 0) is 0 Å². The van der Waals surface area contributed by atoms with E-state index in [1.165, 1.54) is 0 Å². The largest absolute Gasteiger partial charge is 0.329 e. The molecule has 6 heteroatoms. The van der Waals surface area contributed by atoms with Gasteiger partial charge in [-0.3, -0.25) is 0 Å². The van der Waals surface area contributed by atoms with E-state index in [2.05, 4.69) is 13.2 Å². The third-order valence-corrected chi connectivity index (χ3v) is 0.500. The Bertz CT molecular complexity index is 37.6. The lowest BCUT2D eigenvalue weighted by atomic mass is 10.7. The van der Waals surface area contributed by atoms with Crippen molar-refractivity contribution >= 4 is 0 Å².